The Morgan fingerprint density at radius 2 is 2.42 bits per heavy atom. The molecule has 0 aliphatic heterocycles. The third-order valence-electron chi connectivity index (χ3n) is 1.80. The molecule has 0 aliphatic rings. The molecule has 0 amide bonds. The summed E-state index contributed by atoms with van der Waals surface area (Å²) in [5.74, 6) is 1.03. The van der Waals surface area contributed by atoms with Crippen molar-refractivity contribution in [2.75, 3.05) is 12.0 Å². The second-order valence-corrected chi connectivity index (χ2v) is 4.70. The number of aliphatic hydroxyl groups is 1. The van der Waals surface area contributed by atoms with Crippen molar-refractivity contribution in [1.82, 2.24) is 0 Å². The maximum absolute atomic E-state index is 9.72. The van der Waals surface area contributed by atoms with Gasteiger partial charge in [-0.25, -0.2) is 0 Å². The molecular weight excluding hydrogens is 188 g/mol. The summed E-state index contributed by atoms with van der Waals surface area (Å²) in [5, 5.41) is 11.8. The predicted octanol–water partition coefficient (Wildman–Crippen LogP) is 2.84. The van der Waals surface area contributed by atoms with Gasteiger partial charge in [0.15, 0.2) is 0 Å². The van der Waals surface area contributed by atoms with Crippen LogP contribution in [0.3, 0.4) is 0 Å². The Morgan fingerprint density at radius 1 is 1.67 bits per heavy atom. The Kier molecular flexibility index (Phi) is 4.12. The summed E-state index contributed by atoms with van der Waals surface area (Å²) in [6, 6.07) is 2.06. The van der Waals surface area contributed by atoms with Crippen LogP contribution in [0.5, 0.6) is 0 Å². The molecule has 0 fully saturated rings. The highest BCUT2D eigenvalue weighted by atomic mass is 32.2. The second kappa shape index (κ2) is 4.90. The van der Waals surface area contributed by atoms with Crippen LogP contribution in [-0.2, 0) is 0 Å². The van der Waals surface area contributed by atoms with Crippen molar-refractivity contribution < 1.29 is 5.11 Å². The molecule has 0 bridgehead atoms. The van der Waals surface area contributed by atoms with Crippen molar-refractivity contribution in [2.24, 2.45) is 0 Å². The fourth-order valence-electron chi connectivity index (χ4n) is 1.09. The molecule has 0 aromatic carbocycles. The first-order valence-corrected chi connectivity index (χ1v) is 6.24. The van der Waals surface area contributed by atoms with E-state index in [4.69, 9.17) is 0 Å². The predicted molar refractivity (Wildman–Crippen MR) is 57.0 cm³/mol. The Hall–Kier alpha value is 0.0100. The van der Waals surface area contributed by atoms with E-state index in [0.29, 0.717) is 0 Å². The van der Waals surface area contributed by atoms with Gasteiger partial charge < -0.3 is 5.11 Å². The van der Waals surface area contributed by atoms with Gasteiger partial charge in [0.25, 0.3) is 0 Å². The molecule has 12 heavy (non-hydrogen) atoms. The number of rotatable bonds is 4. The smallest absolute Gasteiger partial charge is 0.0892 e. The molecule has 0 aliphatic carbocycles. The van der Waals surface area contributed by atoms with E-state index in [1.807, 2.05) is 12.3 Å². The molecule has 0 saturated heterocycles. The van der Waals surface area contributed by atoms with Crippen LogP contribution in [0.1, 0.15) is 23.0 Å². The van der Waals surface area contributed by atoms with Gasteiger partial charge in [0.1, 0.15) is 0 Å². The zero-order valence-electron chi connectivity index (χ0n) is 7.41. The third kappa shape index (κ3) is 2.51. The summed E-state index contributed by atoms with van der Waals surface area (Å²) in [7, 11) is 0. The summed E-state index contributed by atoms with van der Waals surface area (Å²) in [6.07, 6.45) is 2.67. The van der Waals surface area contributed by atoms with Crippen LogP contribution in [0, 0.1) is 6.92 Å². The molecule has 1 aromatic heterocycles. The third-order valence-corrected chi connectivity index (χ3v) is 3.56. The average Bonchev–Trinajstić information content (AvgIpc) is 2.47. The van der Waals surface area contributed by atoms with Crippen molar-refractivity contribution in [3.63, 3.8) is 0 Å². The van der Waals surface area contributed by atoms with E-state index in [2.05, 4.69) is 12.3 Å². The maximum atomic E-state index is 9.72. The summed E-state index contributed by atoms with van der Waals surface area (Å²) in [6.45, 7) is 2.05. The topological polar surface area (TPSA) is 20.2 Å². The lowest BCUT2D eigenvalue weighted by Crippen LogP contribution is -1.97. The zero-order chi connectivity index (χ0) is 8.97. The molecule has 0 saturated carbocycles. The number of thioether (sulfide) groups is 1. The van der Waals surface area contributed by atoms with Gasteiger partial charge >= 0.3 is 0 Å². The standard InChI is InChI=1S/C9H14OS2/c1-7-3-6-12-9(7)8(10)4-5-11-2/h3,6,8,10H,4-5H2,1-2H3. The van der Waals surface area contributed by atoms with Gasteiger partial charge in [-0.2, -0.15) is 11.8 Å². The maximum Gasteiger partial charge on any atom is 0.0892 e. The quantitative estimate of drug-likeness (QED) is 0.810. The number of aryl methyl sites for hydroxylation is 1. The molecule has 1 rings (SSSR count). The summed E-state index contributed by atoms with van der Waals surface area (Å²) in [4.78, 5) is 1.13. The van der Waals surface area contributed by atoms with Crippen molar-refractivity contribution in [3.8, 4) is 0 Å². The lowest BCUT2D eigenvalue weighted by atomic mass is 10.2. The SMILES string of the molecule is CSCCC(O)c1sccc1C. The molecule has 1 heterocycles. The largest absolute Gasteiger partial charge is 0.388 e. The Bertz CT molecular complexity index is 232. The van der Waals surface area contributed by atoms with Gasteiger partial charge in [-0.3, -0.25) is 0 Å². The number of thiophene rings is 1. The minimum Gasteiger partial charge on any atom is -0.388 e. The lowest BCUT2D eigenvalue weighted by Gasteiger charge is -2.08. The molecule has 0 radical (unpaired) electrons. The van der Waals surface area contributed by atoms with Crippen LogP contribution < -0.4 is 0 Å². The summed E-state index contributed by atoms with van der Waals surface area (Å²) in [5.41, 5.74) is 1.22. The molecule has 68 valence electrons. The Balaban J connectivity index is 2.52. The Labute approximate surface area is 81.8 Å². The van der Waals surface area contributed by atoms with Gasteiger partial charge in [-0.05, 0) is 42.4 Å². The first-order chi connectivity index (χ1) is 5.75. The number of aliphatic hydroxyl groups excluding tert-OH is 1. The number of hydrogen-bond acceptors (Lipinski definition) is 3. The molecule has 1 aromatic rings. The number of hydrogen-bond donors (Lipinski definition) is 1. The molecule has 3 heteroatoms. The van der Waals surface area contributed by atoms with E-state index in [9.17, 15) is 5.11 Å². The molecule has 1 nitrogen and oxygen atoms in total. The van der Waals surface area contributed by atoms with Gasteiger partial charge in [-0.15, -0.1) is 11.3 Å². The van der Waals surface area contributed by atoms with Gasteiger partial charge in [0, 0.05) is 4.88 Å². The normalized spacial score (nSPS) is 13.2. The highest BCUT2D eigenvalue weighted by Gasteiger charge is 2.10. The van der Waals surface area contributed by atoms with Gasteiger partial charge in [-0.1, -0.05) is 0 Å². The van der Waals surface area contributed by atoms with E-state index in [-0.39, 0.29) is 6.10 Å². The fraction of sp³-hybridized carbons (Fsp3) is 0.556. The first-order valence-electron chi connectivity index (χ1n) is 3.96. The Morgan fingerprint density at radius 3 is 2.92 bits per heavy atom. The second-order valence-electron chi connectivity index (χ2n) is 2.77. The van der Waals surface area contributed by atoms with Crippen LogP contribution >= 0.6 is 23.1 Å². The lowest BCUT2D eigenvalue weighted by molar-refractivity contribution is 0.178. The van der Waals surface area contributed by atoms with Crippen LogP contribution in [-0.4, -0.2) is 17.1 Å². The van der Waals surface area contributed by atoms with Crippen molar-refractivity contribution in [1.29, 1.82) is 0 Å². The highest BCUT2D eigenvalue weighted by Crippen LogP contribution is 2.26. The van der Waals surface area contributed by atoms with E-state index in [0.717, 1.165) is 17.1 Å². The van der Waals surface area contributed by atoms with Crippen LogP contribution in [0.15, 0.2) is 11.4 Å². The monoisotopic (exact) mass is 202 g/mol. The van der Waals surface area contributed by atoms with E-state index < -0.39 is 0 Å². The summed E-state index contributed by atoms with van der Waals surface area (Å²) >= 11 is 3.43. The molecular formula is C9H14OS2. The van der Waals surface area contributed by atoms with Gasteiger partial charge in [0.05, 0.1) is 6.10 Å². The molecule has 0 spiro atoms. The molecule has 1 N–H and O–H groups in total. The van der Waals surface area contributed by atoms with Crippen molar-refractivity contribution in [2.45, 2.75) is 19.4 Å². The van der Waals surface area contributed by atoms with Crippen molar-refractivity contribution >= 4 is 23.1 Å². The molecule has 1 unspecified atom stereocenters. The van der Waals surface area contributed by atoms with Crippen molar-refractivity contribution in [3.05, 3.63) is 21.9 Å². The van der Waals surface area contributed by atoms with Crippen LogP contribution in [0.4, 0.5) is 0 Å². The summed E-state index contributed by atoms with van der Waals surface area (Å²) < 4.78 is 0. The van der Waals surface area contributed by atoms with Crippen LogP contribution in [0.2, 0.25) is 0 Å². The van der Waals surface area contributed by atoms with Gasteiger partial charge in [0.2, 0.25) is 0 Å². The average molecular weight is 202 g/mol. The van der Waals surface area contributed by atoms with E-state index in [1.54, 1.807) is 23.1 Å². The first kappa shape index (κ1) is 10.1. The molecule has 1 atom stereocenters. The zero-order valence-corrected chi connectivity index (χ0v) is 9.04. The van der Waals surface area contributed by atoms with Crippen LogP contribution in [0.25, 0.3) is 0 Å². The fourth-order valence-corrected chi connectivity index (χ4v) is 2.49. The minimum atomic E-state index is -0.252. The van der Waals surface area contributed by atoms with E-state index in [1.165, 1.54) is 5.56 Å². The highest BCUT2D eigenvalue weighted by molar-refractivity contribution is 7.98. The van der Waals surface area contributed by atoms with E-state index >= 15 is 0 Å². The minimum absolute atomic E-state index is 0.252.